The normalized spacial score (nSPS) is 15.7. The van der Waals surface area contributed by atoms with Gasteiger partial charge in [-0.25, -0.2) is 0 Å². The number of nitrogens with two attached hydrogens (primary N) is 1. The zero-order chi connectivity index (χ0) is 22.4. The van der Waals surface area contributed by atoms with E-state index >= 15 is 0 Å². The minimum absolute atomic E-state index is 0.105. The second-order valence-electron chi connectivity index (χ2n) is 9.66. The summed E-state index contributed by atoms with van der Waals surface area (Å²) >= 11 is 0. The molecule has 2 N–H and O–H groups in total. The maximum atomic E-state index is 13.1. The number of rotatable bonds is 12. The summed E-state index contributed by atoms with van der Waals surface area (Å²) < 4.78 is 0. The Morgan fingerprint density at radius 3 is 1.66 bits per heavy atom. The molecule has 4 heteroatoms. The van der Waals surface area contributed by atoms with Crippen molar-refractivity contribution in [2.75, 3.05) is 13.1 Å². The Labute approximate surface area is 179 Å². The van der Waals surface area contributed by atoms with Gasteiger partial charge in [0.15, 0.2) is 0 Å². The van der Waals surface area contributed by atoms with Gasteiger partial charge in [0, 0.05) is 37.3 Å². The first-order chi connectivity index (χ1) is 13.4. The Hall–Kier alpha value is -1.39. The smallest absolute Gasteiger partial charge is 0.228 e. The zero-order valence-corrected chi connectivity index (χ0v) is 20.3. The van der Waals surface area contributed by atoms with E-state index in [0.29, 0.717) is 24.2 Å². The van der Waals surface area contributed by atoms with Crippen LogP contribution in [0.15, 0.2) is 30.3 Å². The topological polar surface area (TPSA) is 49.6 Å². The summed E-state index contributed by atoms with van der Waals surface area (Å²) in [6.45, 7) is 21.7. The fourth-order valence-corrected chi connectivity index (χ4v) is 4.83. The van der Waals surface area contributed by atoms with Crippen molar-refractivity contribution in [3.05, 3.63) is 35.9 Å². The van der Waals surface area contributed by atoms with Gasteiger partial charge in [0.2, 0.25) is 5.91 Å². The van der Waals surface area contributed by atoms with Crippen molar-refractivity contribution in [2.45, 2.75) is 98.3 Å². The van der Waals surface area contributed by atoms with Crippen molar-refractivity contribution >= 4 is 5.91 Å². The van der Waals surface area contributed by atoms with Crippen LogP contribution in [0.5, 0.6) is 0 Å². The molecule has 4 nitrogen and oxygen atoms in total. The van der Waals surface area contributed by atoms with Gasteiger partial charge >= 0.3 is 0 Å². The summed E-state index contributed by atoms with van der Waals surface area (Å²) in [6.07, 6.45) is 0.730. The van der Waals surface area contributed by atoms with Crippen LogP contribution in [-0.4, -0.2) is 53.0 Å². The largest absolute Gasteiger partial charge is 0.369 e. The van der Waals surface area contributed by atoms with E-state index in [4.69, 9.17) is 5.73 Å². The molecule has 0 aromatic heterocycles. The van der Waals surface area contributed by atoms with Gasteiger partial charge in [0.25, 0.3) is 0 Å². The lowest BCUT2D eigenvalue weighted by atomic mass is 9.67. The van der Waals surface area contributed by atoms with Gasteiger partial charge in [-0.05, 0) is 73.3 Å². The molecule has 2 unspecified atom stereocenters. The van der Waals surface area contributed by atoms with E-state index in [0.717, 1.165) is 25.1 Å². The molecule has 0 bridgehead atoms. The predicted molar refractivity (Wildman–Crippen MR) is 125 cm³/mol. The molecule has 0 spiro atoms. The summed E-state index contributed by atoms with van der Waals surface area (Å²) in [7, 11) is 0. The van der Waals surface area contributed by atoms with Gasteiger partial charge < -0.3 is 5.73 Å². The summed E-state index contributed by atoms with van der Waals surface area (Å²) in [5.41, 5.74) is 6.55. The minimum atomic E-state index is -0.689. The molecule has 1 rings (SSSR count). The third-order valence-corrected chi connectivity index (χ3v) is 6.47. The monoisotopic (exact) mass is 403 g/mol. The SMILES string of the molecule is CC(C)N(CCC(C(N)=O)(c1ccccc1)C(C)CN(C(C)C)C(C)C)C(C)C. The van der Waals surface area contributed by atoms with Gasteiger partial charge in [0.1, 0.15) is 0 Å². The van der Waals surface area contributed by atoms with Crippen molar-refractivity contribution in [1.29, 1.82) is 0 Å². The highest BCUT2D eigenvalue weighted by Crippen LogP contribution is 2.37. The van der Waals surface area contributed by atoms with E-state index in [1.165, 1.54) is 0 Å². The third-order valence-electron chi connectivity index (χ3n) is 6.47. The fourth-order valence-electron chi connectivity index (χ4n) is 4.83. The molecule has 0 fully saturated rings. The minimum Gasteiger partial charge on any atom is -0.369 e. The molecule has 29 heavy (non-hydrogen) atoms. The molecule has 1 amide bonds. The molecule has 1 aromatic carbocycles. The number of hydrogen-bond acceptors (Lipinski definition) is 3. The summed E-state index contributed by atoms with van der Waals surface area (Å²) in [6, 6.07) is 11.9. The van der Waals surface area contributed by atoms with Gasteiger partial charge in [-0.15, -0.1) is 0 Å². The van der Waals surface area contributed by atoms with Crippen molar-refractivity contribution in [3.63, 3.8) is 0 Å². The van der Waals surface area contributed by atoms with Crippen molar-refractivity contribution in [1.82, 2.24) is 9.80 Å². The number of hydrogen-bond donors (Lipinski definition) is 1. The van der Waals surface area contributed by atoms with E-state index in [1.807, 2.05) is 18.2 Å². The van der Waals surface area contributed by atoms with E-state index < -0.39 is 5.41 Å². The zero-order valence-electron chi connectivity index (χ0n) is 20.3. The second kappa shape index (κ2) is 11.1. The van der Waals surface area contributed by atoms with Gasteiger partial charge in [-0.1, -0.05) is 37.3 Å². The molecular weight excluding hydrogens is 358 g/mol. The Morgan fingerprint density at radius 1 is 0.828 bits per heavy atom. The molecular formula is C25H45N3O. The van der Waals surface area contributed by atoms with E-state index in [2.05, 4.69) is 84.2 Å². The van der Waals surface area contributed by atoms with Crippen LogP contribution < -0.4 is 5.73 Å². The van der Waals surface area contributed by atoms with Crippen molar-refractivity contribution in [2.24, 2.45) is 11.7 Å². The molecule has 0 aliphatic heterocycles. The Morgan fingerprint density at radius 2 is 1.28 bits per heavy atom. The first-order valence-corrected chi connectivity index (χ1v) is 11.3. The molecule has 0 aliphatic carbocycles. The number of carbonyl (C=O) groups excluding carboxylic acids is 1. The quantitative estimate of drug-likeness (QED) is 0.551. The highest BCUT2D eigenvalue weighted by Gasteiger charge is 2.44. The Balaban J connectivity index is 3.37. The number of nitrogens with zero attached hydrogens (tertiary/aromatic N) is 2. The van der Waals surface area contributed by atoms with Gasteiger partial charge in [-0.3, -0.25) is 14.6 Å². The second-order valence-corrected chi connectivity index (χ2v) is 9.66. The number of carbonyl (C=O) groups is 1. The number of benzene rings is 1. The molecule has 0 heterocycles. The van der Waals surface area contributed by atoms with Crippen LogP contribution in [0.2, 0.25) is 0 Å². The average molecular weight is 404 g/mol. The van der Waals surface area contributed by atoms with Crippen LogP contribution >= 0.6 is 0 Å². The van der Waals surface area contributed by atoms with Crippen LogP contribution in [0.4, 0.5) is 0 Å². The highest BCUT2D eigenvalue weighted by atomic mass is 16.1. The van der Waals surface area contributed by atoms with Crippen LogP contribution in [0.25, 0.3) is 0 Å². The van der Waals surface area contributed by atoms with Gasteiger partial charge in [0.05, 0.1) is 5.41 Å². The Kier molecular flexibility index (Phi) is 9.84. The van der Waals surface area contributed by atoms with E-state index in [9.17, 15) is 4.79 Å². The third kappa shape index (κ3) is 6.29. The number of amides is 1. The summed E-state index contributed by atoms with van der Waals surface area (Å²) in [4.78, 5) is 18.0. The first-order valence-electron chi connectivity index (χ1n) is 11.3. The van der Waals surface area contributed by atoms with E-state index in [1.54, 1.807) is 0 Å². The molecule has 1 aromatic rings. The van der Waals surface area contributed by atoms with E-state index in [-0.39, 0.29) is 11.8 Å². The highest BCUT2D eigenvalue weighted by molar-refractivity contribution is 5.87. The molecule has 0 radical (unpaired) electrons. The summed E-state index contributed by atoms with van der Waals surface area (Å²) in [5, 5.41) is 0. The Bertz CT molecular complexity index is 596. The first kappa shape index (κ1) is 25.6. The number of primary amides is 1. The fraction of sp³-hybridized carbons (Fsp3) is 0.720. The van der Waals surface area contributed by atoms with Crippen LogP contribution in [0.3, 0.4) is 0 Å². The molecule has 166 valence electrons. The molecule has 0 saturated heterocycles. The lowest BCUT2D eigenvalue weighted by Gasteiger charge is -2.43. The van der Waals surface area contributed by atoms with Crippen molar-refractivity contribution < 1.29 is 4.79 Å². The van der Waals surface area contributed by atoms with Crippen LogP contribution in [0, 0.1) is 5.92 Å². The predicted octanol–water partition coefficient (Wildman–Crippen LogP) is 4.67. The lowest BCUT2D eigenvalue weighted by Crippen LogP contribution is -2.53. The van der Waals surface area contributed by atoms with Crippen LogP contribution in [0.1, 0.15) is 74.3 Å². The molecule has 2 atom stereocenters. The standard InChI is InChI=1S/C25H45N3O/c1-18(2)27(19(3)4)16-15-25(24(26)29,23-13-11-10-12-14-23)22(9)17-28(20(5)6)21(7)8/h10-14,18-22H,15-17H2,1-9H3,(H2,26,29). The maximum Gasteiger partial charge on any atom is 0.228 e. The summed E-state index contributed by atoms with van der Waals surface area (Å²) in [5.74, 6) is -0.107. The average Bonchev–Trinajstić information content (AvgIpc) is 2.62. The van der Waals surface area contributed by atoms with Gasteiger partial charge in [-0.2, -0.15) is 0 Å². The maximum absolute atomic E-state index is 13.1. The molecule has 0 saturated carbocycles. The van der Waals surface area contributed by atoms with Crippen LogP contribution in [-0.2, 0) is 10.2 Å². The lowest BCUT2D eigenvalue weighted by molar-refractivity contribution is -0.126. The molecule has 0 aliphatic rings. The van der Waals surface area contributed by atoms with Crippen molar-refractivity contribution in [3.8, 4) is 0 Å².